The highest BCUT2D eigenvalue weighted by atomic mass is 16.6. The van der Waals surface area contributed by atoms with Crippen LogP contribution in [0.2, 0.25) is 0 Å². The molecule has 1 amide bonds. The van der Waals surface area contributed by atoms with E-state index in [4.69, 9.17) is 0 Å². The number of para-hydroxylation sites is 1. The summed E-state index contributed by atoms with van der Waals surface area (Å²) in [4.78, 5) is 24.9. The van der Waals surface area contributed by atoms with E-state index in [0.29, 0.717) is 18.8 Å². The molecule has 0 aliphatic heterocycles. The molecule has 0 bridgehead atoms. The van der Waals surface area contributed by atoms with Gasteiger partial charge in [0.15, 0.2) is 0 Å². The lowest BCUT2D eigenvalue weighted by Gasteiger charge is -2.20. The molecule has 1 aromatic rings. The number of carbonyl (C=O) groups excluding carboxylic acids is 1. The Balaban J connectivity index is 2.98. The van der Waals surface area contributed by atoms with Crippen LogP contribution in [0.15, 0.2) is 18.2 Å². The smallest absolute Gasteiger partial charge is 0.305 e. The predicted molar refractivity (Wildman–Crippen MR) is 82.7 cm³/mol. The fourth-order valence-corrected chi connectivity index (χ4v) is 1.77. The van der Waals surface area contributed by atoms with Crippen molar-refractivity contribution in [2.24, 2.45) is 0 Å². The van der Waals surface area contributed by atoms with Crippen LogP contribution in [-0.2, 0) is 0 Å². The maximum Gasteiger partial charge on any atom is 0.305 e. The molecule has 0 radical (unpaired) electrons. The summed E-state index contributed by atoms with van der Waals surface area (Å²) in [5.41, 5.74) is 0.245. The number of nitrogens with zero attached hydrogens (tertiary/aromatic N) is 2. The van der Waals surface area contributed by atoms with Gasteiger partial charge in [-0.1, -0.05) is 6.07 Å². The minimum atomic E-state index is -0.526. The molecular weight excluding hydrogens is 272 g/mol. The van der Waals surface area contributed by atoms with Crippen molar-refractivity contribution < 1.29 is 9.72 Å². The van der Waals surface area contributed by atoms with Crippen molar-refractivity contribution in [2.75, 3.05) is 32.5 Å². The Kier molecular flexibility index (Phi) is 6.10. The number of hydrogen-bond acceptors (Lipinski definition) is 5. The van der Waals surface area contributed by atoms with Gasteiger partial charge < -0.3 is 15.5 Å². The van der Waals surface area contributed by atoms with Crippen molar-refractivity contribution in [1.82, 2.24) is 10.2 Å². The number of anilines is 1. The monoisotopic (exact) mass is 294 g/mol. The van der Waals surface area contributed by atoms with Crippen LogP contribution in [-0.4, -0.2) is 49.0 Å². The number of nitro benzene ring substituents is 1. The van der Waals surface area contributed by atoms with Crippen LogP contribution < -0.4 is 10.6 Å². The SMILES string of the molecule is CCNc1cccc(C(=O)NCC(C)N(C)C)c1[N+](=O)[O-]. The molecule has 7 heteroatoms. The summed E-state index contributed by atoms with van der Waals surface area (Å²) in [5.74, 6) is -0.435. The average Bonchev–Trinajstić information content (AvgIpc) is 2.43. The fourth-order valence-electron chi connectivity index (χ4n) is 1.77. The molecule has 0 aliphatic rings. The highest BCUT2D eigenvalue weighted by Gasteiger charge is 2.24. The zero-order chi connectivity index (χ0) is 16.0. The van der Waals surface area contributed by atoms with Gasteiger partial charge in [0, 0.05) is 19.1 Å². The molecule has 0 spiro atoms. The van der Waals surface area contributed by atoms with E-state index in [1.54, 1.807) is 12.1 Å². The molecular formula is C14H22N4O3. The van der Waals surface area contributed by atoms with Gasteiger partial charge in [-0.25, -0.2) is 0 Å². The number of hydrogen-bond donors (Lipinski definition) is 2. The van der Waals surface area contributed by atoms with Gasteiger partial charge in [-0.05, 0) is 40.1 Å². The Bertz CT molecular complexity index is 517. The second kappa shape index (κ2) is 7.58. The number of nitrogens with one attached hydrogen (secondary N) is 2. The highest BCUT2D eigenvalue weighted by molar-refractivity contribution is 6.00. The lowest BCUT2D eigenvalue weighted by Crippen LogP contribution is -2.38. The Morgan fingerprint density at radius 2 is 2.10 bits per heavy atom. The number of likely N-dealkylation sites (N-methyl/N-ethyl adjacent to an activating group) is 1. The lowest BCUT2D eigenvalue weighted by atomic mass is 10.1. The second-order valence-electron chi connectivity index (χ2n) is 5.01. The van der Waals surface area contributed by atoms with Crippen LogP contribution in [0, 0.1) is 10.1 Å². The molecule has 1 unspecified atom stereocenters. The van der Waals surface area contributed by atoms with E-state index in [0.717, 1.165) is 0 Å². The third-order valence-corrected chi connectivity index (χ3v) is 3.27. The van der Waals surface area contributed by atoms with Gasteiger partial charge in [0.1, 0.15) is 11.3 Å². The molecule has 0 aliphatic carbocycles. The van der Waals surface area contributed by atoms with Crippen molar-refractivity contribution in [3.05, 3.63) is 33.9 Å². The van der Waals surface area contributed by atoms with E-state index in [9.17, 15) is 14.9 Å². The van der Waals surface area contributed by atoms with Crippen LogP contribution in [0.25, 0.3) is 0 Å². The number of rotatable bonds is 7. The van der Waals surface area contributed by atoms with Gasteiger partial charge >= 0.3 is 5.69 Å². The summed E-state index contributed by atoms with van der Waals surface area (Å²) in [6, 6.07) is 4.84. The summed E-state index contributed by atoms with van der Waals surface area (Å²) in [6.07, 6.45) is 0. The van der Waals surface area contributed by atoms with Gasteiger partial charge in [0.05, 0.1) is 4.92 Å². The van der Waals surface area contributed by atoms with Gasteiger partial charge in [-0.3, -0.25) is 14.9 Å². The summed E-state index contributed by atoms with van der Waals surface area (Å²) in [6.45, 7) is 4.77. The fraction of sp³-hybridized carbons (Fsp3) is 0.500. The van der Waals surface area contributed by atoms with Crippen LogP contribution in [0.5, 0.6) is 0 Å². The van der Waals surface area contributed by atoms with Gasteiger partial charge in [0.2, 0.25) is 0 Å². The first-order chi connectivity index (χ1) is 9.88. The van der Waals surface area contributed by atoms with Crippen molar-refractivity contribution in [1.29, 1.82) is 0 Å². The van der Waals surface area contributed by atoms with Gasteiger partial charge in [-0.2, -0.15) is 0 Å². The molecule has 1 rings (SSSR count). The van der Waals surface area contributed by atoms with E-state index in [-0.39, 0.29) is 17.3 Å². The zero-order valence-corrected chi connectivity index (χ0v) is 12.8. The van der Waals surface area contributed by atoms with Crippen LogP contribution in [0.4, 0.5) is 11.4 Å². The van der Waals surface area contributed by atoms with Crippen molar-refractivity contribution in [3.63, 3.8) is 0 Å². The third-order valence-electron chi connectivity index (χ3n) is 3.27. The summed E-state index contributed by atoms with van der Waals surface area (Å²) < 4.78 is 0. The lowest BCUT2D eigenvalue weighted by molar-refractivity contribution is -0.384. The van der Waals surface area contributed by atoms with Crippen molar-refractivity contribution in [3.8, 4) is 0 Å². The number of nitro groups is 1. The molecule has 2 N–H and O–H groups in total. The standard InChI is InChI=1S/C14H22N4O3/c1-5-15-12-8-6-7-11(13(12)18(20)21)14(19)16-9-10(2)17(3)4/h6-8,10,15H,5,9H2,1-4H3,(H,16,19). The topological polar surface area (TPSA) is 87.5 Å². The molecule has 1 aromatic carbocycles. The number of carbonyl (C=O) groups is 1. The first-order valence-electron chi connectivity index (χ1n) is 6.84. The normalized spacial score (nSPS) is 12.0. The molecule has 0 fully saturated rings. The van der Waals surface area contributed by atoms with Gasteiger partial charge in [-0.15, -0.1) is 0 Å². The molecule has 21 heavy (non-hydrogen) atoms. The second-order valence-corrected chi connectivity index (χ2v) is 5.01. The molecule has 116 valence electrons. The predicted octanol–water partition coefficient (Wildman–Crippen LogP) is 1.71. The summed E-state index contributed by atoms with van der Waals surface area (Å²) >= 11 is 0. The van der Waals surface area contributed by atoms with Crippen LogP contribution in [0.3, 0.4) is 0 Å². The van der Waals surface area contributed by atoms with E-state index < -0.39 is 10.8 Å². The average molecular weight is 294 g/mol. The number of amides is 1. The van der Waals surface area contributed by atoms with Crippen LogP contribution >= 0.6 is 0 Å². The summed E-state index contributed by atoms with van der Waals surface area (Å²) in [7, 11) is 3.82. The maximum absolute atomic E-state index is 12.2. The Labute approximate surface area is 124 Å². The van der Waals surface area contributed by atoms with E-state index in [2.05, 4.69) is 10.6 Å². The third kappa shape index (κ3) is 4.42. The molecule has 0 saturated heterocycles. The Morgan fingerprint density at radius 3 is 2.62 bits per heavy atom. The van der Waals surface area contributed by atoms with Crippen LogP contribution in [0.1, 0.15) is 24.2 Å². The molecule has 0 saturated carbocycles. The molecule has 1 atom stereocenters. The summed E-state index contributed by atoms with van der Waals surface area (Å²) in [5, 5.41) is 16.9. The maximum atomic E-state index is 12.2. The quantitative estimate of drug-likeness (QED) is 0.590. The Hall–Kier alpha value is -2.15. The highest BCUT2D eigenvalue weighted by Crippen LogP contribution is 2.28. The van der Waals surface area contributed by atoms with E-state index in [1.807, 2.05) is 32.8 Å². The van der Waals surface area contributed by atoms with Crippen molar-refractivity contribution in [2.45, 2.75) is 19.9 Å². The minimum absolute atomic E-state index is 0.0735. The van der Waals surface area contributed by atoms with Gasteiger partial charge in [0.25, 0.3) is 5.91 Å². The number of benzene rings is 1. The van der Waals surface area contributed by atoms with E-state index in [1.165, 1.54) is 6.07 Å². The molecule has 7 nitrogen and oxygen atoms in total. The van der Waals surface area contributed by atoms with Crippen molar-refractivity contribution >= 4 is 17.3 Å². The first-order valence-corrected chi connectivity index (χ1v) is 6.84. The molecule has 0 heterocycles. The minimum Gasteiger partial charge on any atom is -0.380 e. The zero-order valence-electron chi connectivity index (χ0n) is 12.8. The van der Waals surface area contributed by atoms with E-state index >= 15 is 0 Å². The Morgan fingerprint density at radius 1 is 1.43 bits per heavy atom. The largest absolute Gasteiger partial charge is 0.380 e. The molecule has 0 aromatic heterocycles. The first kappa shape index (κ1) is 16.9.